The van der Waals surface area contributed by atoms with Gasteiger partial charge in [0.25, 0.3) is 6.85 Å². The van der Waals surface area contributed by atoms with Crippen LogP contribution in [0.25, 0.3) is 0 Å². The maximum Gasteiger partial charge on any atom is 0.275 e. The Bertz CT molecular complexity index is 137. The van der Waals surface area contributed by atoms with Crippen LogP contribution in [0.2, 0.25) is 6.82 Å². The molecule has 0 aromatic heterocycles. The van der Waals surface area contributed by atoms with Crippen molar-refractivity contribution in [3.05, 3.63) is 23.8 Å². The number of rotatable bonds is 0. The Balaban J connectivity index is 2.59. The smallest absolute Gasteiger partial charge is 0.275 e. The summed E-state index contributed by atoms with van der Waals surface area (Å²) in [7, 11) is 0. The van der Waals surface area contributed by atoms with E-state index in [1.54, 1.807) is 0 Å². The van der Waals surface area contributed by atoms with Crippen molar-refractivity contribution < 1.29 is 0 Å². The van der Waals surface area contributed by atoms with Gasteiger partial charge in [-0.2, -0.15) is 0 Å². The van der Waals surface area contributed by atoms with Gasteiger partial charge in [-0.05, 0) is 18.7 Å². The number of allylic oxidation sites excluding steroid dienone is 3. The third-order valence-electron chi connectivity index (χ3n) is 1.20. The Labute approximate surface area is 50.6 Å². The minimum Gasteiger partial charge on any atom is -0.428 e. The van der Waals surface area contributed by atoms with Gasteiger partial charge in [-0.1, -0.05) is 18.9 Å². The third kappa shape index (κ3) is 1.16. The highest BCUT2D eigenvalue weighted by molar-refractivity contribution is 6.60. The first kappa shape index (κ1) is 5.48. The molecule has 1 rings (SSSR count). The largest absolute Gasteiger partial charge is 0.428 e. The van der Waals surface area contributed by atoms with Crippen molar-refractivity contribution in [1.82, 2.24) is 5.23 Å². The predicted octanol–water partition coefficient (Wildman–Crippen LogP) is 1.21. The van der Waals surface area contributed by atoms with Crippen molar-refractivity contribution in [1.29, 1.82) is 0 Å². The highest BCUT2D eigenvalue weighted by atomic mass is 14.8. The molecule has 0 saturated carbocycles. The molecule has 0 amide bonds. The van der Waals surface area contributed by atoms with E-state index in [0.29, 0.717) is 6.85 Å². The van der Waals surface area contributed by atoms with Gasteiger partial charge in [-0.15, -0.1) is 0 Å². The summed E-state index contributed by atoms with van der Waals surface area (Å²) in [5.74, 6) is 2.13. The molecule has 0 saturated heterocycles. The molecule has 0 unspecified atom stereocenters. The van der Waals surface area contributed by atoms with Crippen molar-refractivity contribution in [2.75, 3.05) is 0 Å². The third-order valence-corrected chi connectivity index (χ3v) is 1.20. The molecule has 0 aromatic rings. The first-order chi connectivity index (χ1) is 3.79. The average Bonchev–Trinajstić information content (AvgIpc) is 1.64. The van der Waals surface area contributed by atoms with Crippen molar-refractivity contribution in [3.8, 4) is 0 Å². The first-order valence-electron chi connectivity index (χ1n) is 2.90. The molecular weight excluding hydrogens is 96.9 g/mol. The summed E-state index contributed by atoms with van der Waals surface area (Å²) in [6, 6.07) is 0. The Morgan fingerprint density at radius 2 is 2.38 bits per heavy atom. The second-order valence-corrected chi connectivity index (χ2v) is 2.17. The van der Waals surface area contributed by atoms with Crippen LogP contribution in [0.5, 0.6) is 0 Å². The van der Waals surface area contributed by atoms with Gasteiger partial charge < -0.3 is 5.23 Å². The molecule has 42 valence electrons. The summed E-state index contributed by atoms with van der Waals surface area (Å²) in [6.45, 7) is 4.72. The van der Waals surface area contributed by atoms with E-state index in [1.807, 2.05) is 0 Å². The Kier molecular flexibility index (Phi) is 1.42. The molecule has 0 aromatic carbocycles. The zero-order valence-electron chi connectivity index (χ0n) is 5.31. The topological polar surface area (TPSA) is 12.0 Å². The van der Waals surface area contributed by atoms with Gasteiger partial charge in [0.2, 0.25) is 0 Å². The second-order valence-electron chi connectivity index (χ2n) is 2.17. The lowest BCUT2D eigenvalue weighted by molar-refractivity contribution is 1.14. The lowest BCUT2D eigenvalue weighted by Gasteiger charge is -2.10. The first-order valence-corrected chi connectivity index (χ1v) is 2.90. The fraction of sp³-hybridized carbons (Fsp3) is 0.333. The molecule has 0 aliphatic carbocycles. The van der Waals surface area contributed by atoms with Crippen molar-refractivity contribution in [2.45, 2.75) is 13.7 Å². The van der Waals surface area contributed by atoms with Crippen LogP contribution in [0.3, 0.4) is 0 Å². The summed E-state index contributed by atoms with van der Waals surface area (Å²) < 4.78 is 0. The van der Waals surface area contributed by atoms with E-state index in [2.05, 4.69) is 37.1 Å². The van der Waals surface area contributed by atoms with Crippen LogP contribution in [-0.4, -0.2) is 6.85 Å². The van der Waals surface area contributed by atoms with Crippen LogP contribution in [0.15, 0.2) is 23.8 Å². The highest BCUT2D eigenvalue weighted by Gasteiger charge is 2.02. The molecule has 0 atom stereocenters. The molecule has 1 aliphatic rings. The van der Waals surface area contributed by atoms with Crippen molar-refractivity contribution in [2.24, 2.45) is 0 Å². The quantitative estimate of drug-likeness (QED) is 0.458. The lowest BCUT2D eigenvalue weighted by Crippen LogP contribution is -2.28. The van der Waals surface area contributed by atoms with Gasteiger partial charge in [0.15, 0.2) is 0 Å². The van der Waals surface area contributed by atoms with E-state index in [0.717, 1.165) is 0 Å². The monoisotopic (exact) mass is 107 g/mol. The second kappa shape index (κ2) is 2.08. The number of hydrogen-bond acceptors (Lipinski definition) is 1. The molecule has 1 aliphatic heterocycles. The molecule has 0 fully saturated rings. The molecule has 1 N–H and O–H groups in total. The van der Waals surface area contributed by atoms with E-state index >= 15 is 0 Å². The summed E-state index contributed by atoms with van der Waals surface area (Å²) in [6.07, 6.45) is 4.15. The van der Waals surface area contributed by atoms with Crippen LogP contribution >= 0.6 is 0 Å². The van der Waals surface area contributed by atoms with Crippen LogP contribution in [0, 0.1) is 0 Å². The SMILES string of the molecule is CB1C=CC=C(C)N1. The Morgan fingerprint density at radius 1 is 1.62 bits per heavy atom. The minimum atomic E-state index is 0.514. The van der Waals surface area contributed by atoms with Gasteiger partial charge in [0.05, 0.1) is 0 Å². The van der Waals surface area contributed by atoms with E-state index < -0.39 is 0 Å². The zero-order chi connectivity index (χ0) is 5.98. The van der Waals surface area contributed by atoms with Gasteiger partial charge in [-0.3, -0.25) is 0 Å². The van der Waals surface area contributed by atoms with Crippen LogP contribution < -0.4 is 5.23 Å². The average molecular weight is 107 g/mol. The maximum absolute atomic E-state index is 3.25. The summed E-state index contributed by atoms with van der Waals surface area (Å²) in [5, 5.41) is 3.25. The molecule has 1 nitrogen and oxygen atoms in total. The number of nitrogens with one attached hydrogen (secondary N) is 1. The summed E-state index contributed by atoms with van der Waals surface area (Å²) in [5.41, 5.74) is 1.25. The summed E-state index contributed by atoms with van der Waals surface area (Å²) >= 11 is 0. The highest BCUT2D eigenvalue weighted by Crippen LogP contribution is 1.96. The maximum atomic E-state index is 3.25. The molecule has 8 heavy (non-hydrogen) atoms. The summed E-state index contributed by atoms with van der Waals surface area (Å²) in [4.78, 5) is 0. The van der Waals surface area contributed by atoms with Crippen LogP contribution in [-0.2, 0) is 0 Å². The molecule has 0 bridgehead atoms. The molecule has 0 spiro atoms. The van der Waals surface area contributed by atoms with Gasteiger partial charge in [0, 0.05) is 0 Å². The fourth-order valence-corrected chi connectivity index (χ4v) is 0.822. The Hall–Kier alpha value is -0.655. The van der Waals surface area contributed by atoms with Crippen molar-refractivity contribution >= 4 is 6.85 Å². The molecule has 1 heterocycles. The van der Waals surface area contributed by atoms with Gasteiger partial charge in [0.1, 0.15) is 0 Å². The van der Waals surface area contributed by atoms with E-state index in [-0.39, 0.29) is 0 Å². The predicted molar refractivity (Wildman–Crippen MR) is 37.7 cm³/mol. The minimum absolute atomic E-state index is 0.514. The molecule has 0 radical (unpaired) electrons. The molecular formula is C6H10BN. The van der Waals surface area contributed by atoms with Gasteiger partial charge in [-0.25, -0.2) is 0 Å². The van der Waals surface area contributed by atoms with Crippen LogP contribution in [0.4, 0.5) is 0 Å². The lowest BCUT2D eigenvalue weighted by atomic mass is 9.64. The van der Waals surface area contributed by atoms with Crippen LogP contribution in [0.1, 0.15) is 6.92 Å². The normalized spacial score (nSPS) is 17.8. The van der Waals surface area contributed by atoms with E-state index in [1.165, 1.54) is 5.70 Å². The molecule has 2 heteroatoms. The zero-order valence-corrected chi connectivity index (χ0v) is 5.31. The van der Waals surface area contributed by atoms with E-state index in [9.17, 15) is 0 Å². The number of hydrogen-bond donors (Lipinski definition) is 1. The van der Waals surface area contributed by atoms with Gasteiger partial charge >= 0.3 is 0 Å². The fourth-order valence-electron chi connectivity index (χ4n) is 0.822. The van der Waals surface area contributed by atoms with Crippen molar-refractivity contribution in [3.63, 3.8) is 0 Å². The standard InChI is InChI=1S/C6H10BN/c1-6-4-3-5-7(2)8-6/h3-5,8H,1-2H3. The van der Waals surface area contributed by atoms with E-state index in [4.69, 9.17) is 0 Å². The Morgan fingerprint density at radius 3 is 2.75 bits per heavy atom.